The SMILES string of the molecule is C=CCO[C@@]12Oc3ccc(OCCSc4ccccc4)cc3[C@H]3[C@H](CCCCO)[C@@H](CCCCO)C=C(C(=NOC)C[C@@H]1N(Cc1cccc4ccccc14)C(=O)OCCCl)[C@H]32. The minimum absolute atomic E-state index is 0.0225. The van der Waals surface area contributed by atoms with Gasteiger partial charge in [-0.25, -0.2) is 4.79 Å². The van der Waals surface area contributed by atoms with E-state index in [-0.39, 0.29) is 63.0 Å². The van der Waals surface area contributed by atoms with E-state index in [0.29, 0.717) is 30.9 Å². The molecule has 0 aromatic heterocycles. The predicted molar refractivity (Wildman–Crippen MR) is 246 cm³/mol. The topological polar surface area (TPSA) is 119 Å². The molecule has 1 saturated carbocycles. The van der Waals surface area contributed by atoms with Gasteiger partial charge in [0.25, 0.3) is 0 Å². The number of thioether (sulfide) groups is 1. The summed E-state index contributed by atoms with van der Waals surface area (Å²) in [5.74, 6) is 0.392. The van der Waals surface area contributed by atoms with Gasteiger partial charge in [0.1, 0.15) is 31.3 Å². The number of nitrogens with zero attached hydrogens (tertiary/aromatic N) is 2. The molecular formula is C50H59ClN2O8S. The zero-order valence-corrected chi connectivity index (χ0v) is 37.1. The van der Waals surface area contributed by atoms with Crippen LogP contribution in [0.4, 0.5) is 4.79 Å². The third-order valence-corrected chi connectivity index (χ3v) is 13.5. The number of hydrogen-bond acceptors (Lipinski definition) is 10. The number of benzene rings is 4. The maximum atomic E-state index is 14.7. The van der Waals surface area contributed by atoms with E-state index in [1.807, 2.05) is 54.6 Å². The maximum Gasteiger partial charge on any atom is 0.410 e. The highest BCUT2D eigenvalue weighted by Gasteiger charge is 2.65. The lowest BCUT2D eigenvalue weighted by Crippen LogP contribution is -2.70. The number of amides is 1. The molecule has 330 valence electrons. The summed E-state index contributed by atoms with van der Waals surface area (Å²) in [5.41, 5.74) is 3.60. The first-order valence-electron chi connectivity index (χ1n) is 21.8. The molecule has 3 aliphatic rings. The number of rotatable bonds is 22. The van der Waals surface area contributed by atoms with Crippen molar-refractivity contribution in [3.8, 4) is 11.5 Å². The second-order valence-corrected chi connectivity index (χ2v) is 17.6. The monoisotopic (exact) mass is 882 g/mol. The molecule has 2 N–H and O–H groups in total. The number of alkyl halides is 1. The van der Waals surface area contributed by atoms with Gasteiger partial charge < -0.3 is 34.0 Å². The van der Waals surface area contributed by atoms with E-state index in [1.54, 1.807) is 29.8 Å². The number of hydrogen-bond donors (Lipinski definition) is 2. The molecule has 12 heteroatoms. The zero-order valence-electron chi connectivity index (χ0n) is 35.5. The van der Waals surface area contributed by atoms with Crippen LogP contribution in [0.1, 0.15) is 62.0 Å². The lowest BCUT2D eigenvalue weighted by molar-refractivity contribution is -0.256. The summed E-state index contributed by atoms with van der Waals surface area (Å²) in [6.45, 7) is 5.14. The standard InChI is InChI=1S/C50H59ClN2O8S/c1-3-27-60-50-46(53(49(56)59-28-24-51)34-37-17-13-16-35-14-7-8-20-40(35)37)33-44(52-57-2)42-31-36(15-9-11-25-54)41(21-10-12-26-55)47(48(42)50)43-32-38(22-23-45(43)61-50)58-29-30-62-39-18-5-4-6-19-39/h3-8,13-14,16-20,22-23,31-32,36,41,46-48,54-55H,1,9-12,15,21,24-30,33-34H2,2H3/t36-,41+,46-,47+,48+,50+/m0/s1. The third-order valence-electron chi connectivity index (χ3n) is 12.3. The Bertz CT molecular complexity index is 2160. The number of aliphatic hydroxyl groups excluding tert-OH is 2. The minimum Gasteiger partial charge on any atom is -0.493 e. The number of ether oxygens (including phenoxy) is 4. The number of halogens is 1. The third kappa shape index (κ3) is 10.1. The molecule has 2 aliphatic carbocycles. The fourth-order valence-corrected chi connectivity index (χ4v) is 10.6. The zero-order chi connectivity index (χ0) is 43.3. The van der Waals surface area contributed by atoms with E-state index in [2.05, 4.69) is 49.1 Å². The van der Waals surface area contributed by atoms with Gasteiger partial charge in [0.15, 0.2) is 0 Å². The Morgan fingerprint density at radius 3 is 2.53 bits per heavy atom. The fourth-order valence-electron chi connectivity index (χ4n) is 9.81. The highest BCUT2D eigenvalue weighted by molar-refractivity contribution is 7.99. The molecule has 1 heterocycles. The van der Waals surface area contributed by atoms with Crippen LogP contribution in [0.2, 0.25) is 0 Å². The van der Waals surface area contributed by atoms with Gasteiger partial charge >= 0.3 is 6.09 Å². The summed E-state index contributed by atoms with van der Waals surface area (Å²) in [5, 5.41) is 26.7. The summed E-state index contributed by atoms with van der Waals surface area (Å²) < 4.78 is 26.9. The smallest absolute Gasteiger partial charge is 0.410 e. The van der Waals surface area contributed by atoms with Crippen molar-refractivity contribution in [2.75, 3.05) is 51.8 Å². The van der Waals surface area contributed by atoms with Crippen LogP contribution in [0.3, 0.4) is 0 Å². The summed E-state index contributed by atoms with van der Waals surface area (Å²) in [6.07, 6.45) is 8.43. The van der Waals surface area contributed by atoms with Crippen LogP contribution in [-0.2, 0) is 20.9 Å². The summed E-state index contributed by atoms with van der Waals surface area (Å²) in [7, 11) is 1.55. The molecule has 0 unspecified atom stereocenters. The van der Waals surface area contributed by atoms with E-state index in [0.717, 1.165) is 64.7 Å². The number of carbonyl (C=O) groups excluding carboxylic acids is 1. The van der Waals surface area contributed by atoms with Crippen molar-refractivity contribution >= 4 is 45.9 Å². The van der Waals surface area contributed by atoms with E-state index < -0.39 is 23.8 Å². The van der Waals surface area contributed by atoms with E-state index in [9.17, 15) is 15.0 Å². The van der Waals surface area contributed by atoms with Crippen LogP contribution in [0, 0.1) is 17.8 Å². The normalized spacial score (nSPS) is 23.1. The first-order chi connectivity index (χ1) is 30.5. The number of oxime groups is 1. The van der Waals surface area contributed by atoms with E-state index >= 15 is 0 Å². The van der Waals surface area contributed by atoms with Gasteiger partial charge in [0.05, 0.1) is 37.3 Å². The number of aliphatic hydroxyl groups is 2. The first-order valence-corrected chi connectivity index (χ1v) is 23.4. The molecule has 10 nitrogen and oxygen atoms in total. The second kappa shape index (κ2) is 22.2. The molecule has 4 aromatic carbocycles. The maximum absolute atomic E-state index is 14.7. The molecule has 7 rings (SSSR count). The van der Waals surface area contributed by atoms with Gasteiger partial charge in [-0.1, -0.05) is 90.8 Å². The van der Waals surface area contributed by atoms with Crippen molar-refractivity contribution in [2.24, 2.45) is 22.9 Å². The molecule has 1 aliphatic heterocycles. The molecule has 1 fully saturated rings. The lowest BCUT2D eigenvalue weighted by Gasteiger charge is -2.59. The summed E-state index contributed by atoms with van der Waals surface area (Å²) in [6, 6.07) is 29.8. The summed E-state index contributed by atoms with van der Waals surface area (Å²) in [4.78, 5) is 23.2. The highest BCUT2D eigenvalue weighted by atomic mass is 35.5. The van der Waals surface area contributed by atoms with Crippen LogP contribution < -0.4 is 9.47 Å². The lowest BCUT2D eigenvalue weighted by atomic mass is 9.55. The van der Waals surface area contributed by atoms with Gasteiger partial charge in [-0.05, 0) is 89.8 Å². The minimum atomic E-state index is -1.44. The average molecular weight is 884 g/mol. The Morgan fingerprint density at radius 2 is 1.76 bits per heavy atom. The Morgan fingerprint density at radius 1 is 0.984 bits per heavy atom. The molecule has 0 bridgehead atoms. The van der Waals surface area contributed by atoms with Crippen LogP contribution in [0.5, 0.6) is 11.5 Å². The molecule has 62 heavy (non-hydrogen) atoms. The molecule has 4 aromatic rings. The van der Waals surface area contributed by atoms with Gasteiger partial charge in [-0.3, -0.25) is 4.90 Å². The van der Waals surface area contributed by atoms with Crippen molar-refractivity contribution in [3.05, 3.63) is 126 Å². The van der Waals surface area contributed by atoms with Gasteiger partial charge in [-0.15, -0.1) is 29.9 Å². The molecule has 1 amide bonds. The van der Waals surface area contributed by atoms with Gasteiger partial charge in [0.2, 0.25) is 5.79 Å². The molecule has 0 radical (unpaired) electrons. The Balaban J connectivity index is 1.39. The van der Waals surface area contributed by atoms with Crippen molar-refractivity contribution in [1.82, 2.24) is 4.90 Å². The van der Waals surface area contributed by atoms with Crippen molar-refractivity contribution in [2.45, 2.75) is 74.1 Å². The number of unbranched alkanes of at least 4 members (excludes halogenated alkanes) is 2. The molecular weight excluding hydrogens is 824 g/mol. The number of allylic oxidation sites excluding steroid dienone is 1. The molecule has 6 atom stereocenters. The number of fused-ring (bicyclic) bond motifs is 3. The Kier molecular flexibility index (Phi) is 16.3. The fraction of sp³-hybridized carbons (Fsp3) is 0.440. The quantitative estimate of drug-likeness (QED) is 0.0261. The average Bonchev–Trinajstić information content (AvgIpc) is 3.30. The Hall–Kier alpha value is -4.52. The highest BCUT2D eigenvalue weighted by Crippen LogP contribution is 2.62. The molecule has 0 spiro atoms. The van der Waals surface area contributed by atoms with Crippen molar-refractivity contribution in [1.29, 1.82) is 0 Å². The van der Waals surface area contributed by atoms with Crippen LogP contribution in [0.15, 0.2) is 125 Å². The van der Waals surface area contributed by atoms with Crippen molar-refractivity contribution < 1.29 is 38.8 Å². The van der Waals surface area contributed by atoms with Gasteiger partial charge in [-0.2, -0.15) is 0 Å². The predicted octanol–water partition coefficient (Wildman–Crippen LogP) is 10.2. The largest absolute Gasteiger partial charge is 0.493 e. The Labute approximate surface area is 374 Å². The summed E-state index contributed by atoms with van der Waals surface area (Å²) >= 11 is 7.88. The van der Waals surface area contributed by atoms with Gasteiger partial charge in [0, 0.05) is 41.8 Å². The molecule has 0 saturated heterocycles. The van der Waals surface area contributed by atoms with Crippen LogP contribution >= 0.6 is 23.4 Å². The van der Waals surface area contributed by atoms with Crippen molar-refractivity contribution in [3.63, 3.8) is 0 Å². The van der Waals surface area contributed by atoms with E-state index in [4.69, 9.17) is 40.5 Å². The first kappa shape index (κ1) is 45.5. The van der Waals surface area contributed by atoms with Crippen LogP contribution in [-0.4, -0.2) is 90.5 Å². The number of carbonyl (C=O) groups is 1. The van der Waals surface area contributed by atoms with Crippen LogP contribution in [0.25, 0.3) is 10.8 Å². The second-order valence-electron chi connectivity index (χ2n) is 16.0. The van der Waals surface area contributed by atoms with E-state index in [1.165, 1.54) is 4.90 Å².